The summed E-state index contributed by atoms with van der Waals surface area (Å²) in [5, 5.41) is 6.05. The van der Waals surface area contributed by atoms with Gasteiger partial charge in [0.15, 0.2) is 10.9 Å². The van der Waals surface area contributed by atoms with Crippen molar-refractivity contribution in [2.75, 3.05) is 13.6 Å². The van der Waals surface area contributed by atoms with Gasteiger partial charge in [-0.25, -0.2) is 9.97 Å². The Hall–Kier alpha value is -2.50. The van der Waals surface area contributed by atoms with Crippen molar-refractivity contribution in [2.45, 2.75) is 50.2 Å². The maximum Gasteiger partial charge on any atom is 0.309 e. The van der Waals surface area contributed by atoms with E-state index in [1.54, 1.807) is 6.20 Å². The average Bonchev–Trinajstić information content (AvgIpc) is 3.38. The summed E-state index contributed by atoms with van der Waals surface area (Å²) in [5.41, 5.74) is 6.06. The Morgan fingerprint density at radius 2 is 2.06 bits per heavy atom. The monoisotopic (exact) mass is 468 g/mol. The van der Waals surface area contributed by atoms with E-state index in [1.165, 1.54) is 17.6 Å². The van der Waals surface area contributed by atoms with Gasteiger partial charge in [0.05, 0.1) is 17.9 Å². The van der Waals surface area contributed by atoms with Crippen LogP contribution in [0.1, 0.15) is 51.4 Å². The highest BCUT2D eigenvalue weighted by Crippen LogP contribution is 2.33. The molecule has 0 saturated heterocycles. The van der Waals surface area contributed by atoms with E-state index in [1.807, 2.05) is 7.05 Å². The molecule has 12 heteroatoms. The van der Waals surface area contributed by atoms with E-state index in [0.29, 0.717) is 30.2 Å². The van der Waals surface area contributed by atoms with Gasteiger partial charge in [0, 0.05) is 36.3 Å². The Bertz CT molecular complexity index is 949. The Balaban J connectivity index is 0.00000272. The quantitative estimate of drug-likeness (QED) is 0.556. The number of hydrogen-bond donors (Lipinski definition) is 3. The van der Waals surface area contributed by atoms with Crippen LogP contribution in [-0.4, -0.2) is 58.3 Å². The van der Waals surface area contributed by atoms with Crippen molar-refractivity contribution in [3.8, 4) is 0 Å². The molecule has 3 amide bonds. The topological polar surface area (TPSA) is 143 Å². The number of nitrogens with one attached hydrogen (secondary N) is 2. The number of thiazole rings is 1. The fourth-order valence-electron chi connectivity index (χ4n) is 4.05. The van der Waals surface area contributed by atoms with Crippen molar-refractivity contribution in [3.63, 3.8) is 0 Å². The zero-order chi connectivity index (χ0) is 21.3. The van der Waals surface area contributed by atoms with Crippen molar-refractivity contribution in [1.82, 2.24) is 25.5 Å². The number of carbonyl (C=O) groups is 3. The third-order valence-electron chi connectivity index (χ3n) is 5.62. The summed E-state index contributed by atoms with van der Waals surface area (Å²) in [7, 11) is 2.04. The number of carbonyl (C=O) groups excluding carboxylic acids is 3. The zero-order valence-electron chi connectivity index (χ0n) is 17.0. The molecule has 10 nitrogen and oxygen atoms in total. The number of nitrogens with two attached hydrogens (primary N) is 1. The van der Waals surface area contributed by atoms with Crippen molar-refractivity contribution >= 4 is 41.5 Å². The van der Waals surface area contributed by atoms with Crippen molar-refractivity contribution in [2.24, 2.45) is 5.73 Å². The maximum atomic E-state index is 13.0. The molecule has 3 heterocycles. The van der Waals surface area contributed by atoms with Crippen molar-refractivity contribution in [1.29, 1.82) is 0 Å². The molecular weight excluding hydrogens is 444 g/mol. The SMILES string of the molecule is CN1CCc2nc(C(=O)N[C@@H]3C[C@@H](c4ncco4)CC[C@@H]3NC(=O)C(N)=O)sc2C1.Cl. The lowest BCUT2D eigenvalue weighted by molar-refractivity contribution is -0.138. The molecule has 3 atom stereocenters. The van der Waals surface area contributed by atoms with Crippen LogP contribution in [0.3, 0.4) is 0 Å². The minimum Gasteiger partial charge on any atom is -0.449 e. The van der Waals surface area contributed by atoms with Gasteiger partial charge in [-0.2, -0.15) is 0 Å². The minimum atomic E-state index is -1.05. The number of hydrogen-bond acceptors (Lipinski definition) is 8. The van der Waals surface area contributed by atoms with Crippen LogP contribution in [0.5, 0.6) is 0 Å². The van der Waals surface area contributed by atoms with Gasteiger partial charge >= 0.3 is 11.8 Å². The molecule has 4 rings (SSSR count). The van der Waals surface area contributed by atoms with Gasteiger partial charge in [-0.3, -0.25) is 14.4 Å². The predicted molar refractivity (Wildman–Crippen MR) is 115 cm³/mol. The first-order chi connectivity index (χ1) is 14.4. The maximum absolute atomic E-state index is 13.0. The first kappa shape index (κ1) is 23.2. The van der Waals surface area contributed by atoms with Gasteiger partial charge in [0.25, 0.3) is 5.91 Å². The summed E-state index contributed by atoms with van der Waals surface area (Å²) in [4.78, 5) is 48.0. The summed E-state index contributed by atoms with van der Waals surface area (Å²) in [6, 6.07) is -0.823. The highest BCUT2D eigenvalue weighted by atomic mass is 35.5. The molecule has 1 aliphatic carbocycles. The lowest BCUT2D eigenvalue weighted by Gasteiger charge is -2.35. The van der Waals surface area contributed by atoms with Crippen LogP contribution in [-0.2, 0) is 22.6 Å². The van der Waals surface area contributed by atoms with Gasteiger partial charge in [0.2, 0.25) is 0 Å². The molecule has 4 N–H and O–H groups in total. The Labute approximate surface area is 189 Å². The van der Waals surface area contributed by atoms with E-state index < -0.39 is 23.9 Å². The molecule has 0 spiro atoms. The molecule has 0 bridgehead atoms. The summed E-state index contributed by atoms with van der Waals surface area (Å²) >= 11 is 1.40. The number of halogens is 1. The van der Waals surface area contributed by atoms with Gasteiger partial charge in [-0.05, 0) is 26.3 Å². The van der Waals surface area contributed by atoms with E-state index in [4.69, 9.17) is 10.2 Å². The number of likely N-dealkylation sites (N-methyl/N-ethyl adjacent to an activating group) is 1. The van der Waals surface area contributed by atoms with Crippen LogP contribution in [0, 0.1) is 0 Å². The summed E-state index contributed by atoms with van der Waals surface area (Å²) in [6.45, 7) is 1.70. The van der Waals surface area contributed by atoms with Crippen LogP contribution in [0.4, 0.5) is 0 Å². The minimum absolute atomic E-state index is 0. The van der Waals surface area contributed by atoms with Crippen LogP contribution in [0.25, 0.3) is 0 Å². The largest absolute Gasteiger partial charge is 0.449 e. The standard InChI is InChI=1S/C19H24N6O4S.ClH/c1-25-6-4-12-14(9-25)30-19(24-12)17(28)23-13-8-10(18-21-5-7-29-18)2-3-11(13)22-16(27)15(20)26;/h5,7,10-11,13H,2-4,6,8-9H2,1H3,(H2,20,26)(H,22,27)(H,23,28);1H/t10-,11-,13+;/m0./s1. The zero-order valence-corrected chi connectivity index (χ0v) is 18.6. The van der Waals surface area contributed by atoms with E-state index in [0.717, 1.165) is 30.1 Å². The highest BCUT2D eigenvalue weighted by molar-refractivity contribution is 7.13. The molecular formula is C19H25ClN6O4S. The number of amides is 3. The Morgan fingerprint density at radius 1 is 1.26 bits per heavy atom. The van der Waals surface area contributed by atoms with Gasteiger partial charge < -0.3 is 25.7 Å². The number of nitrogens with zero attached hydrogens (tertiary/aromatic N) is 3. The number of primary amides is 1. The molecule has 1 saturated carbocycles. The predicted octanol–water partition coefficient (Wildman–Crippen LogP) is 0.577. The molecule has 2 aliphatic rings. The summed E-state index contributed by atoms with van der Waals surface area (Å²) < 4.78 is 5.43. The first-order valence-corrected chi connectivity index (χ1v) is 10.7. The lowest BCUT2D eigenvalue weighted by atomic mass is 9.82. The van der Waals surface area contributed by atoms with E-state index in [-0.39, 0.29) is 24.2 Å². The smallest absolute Gasteiger partial charge is 0.309 e. The van der Waals surface area contributed by atoms with E-state index in [9.17, 15) is 14.4 Å². The van der Waals surface area contributed by atoms with Crippen LogP contribution >= 0.6 is 23.7 Å². The first-order valence-electron chi connectivity index (χ1n) is 9.88. The molecule has 1 aliphatic heterocycles. The van der Waals surface area contributed by atoms with Gasteiger partial charge in [-0.1, -0.05) is 0 Å². The second-order valence-corrected chi connectivity index (χ2v) is 8.86. The normalized spacial score (nSPS) is 23.3. The van der Waals surface area contributed by atoms with E-state index >= 15 is 0 Å². The van der Waals surface area contributed by atoms with Crippen molar-refractivity contribution in [3.05, 3.63) is 33.9 Å². The number of oxazole rings is 1. The lowest BCUT2D eigenvalue weighted by Crippen LogP contribution is -2.56. The van der Waals surface area contributed by atoms with E-state index in [2.05, 4.69) is 25.5 Å². The van der Waals surface area contributed by atoms with Crippen LogP contribution in [0.2, 0.25) is 0 Å². The van der Waals surface area contributed by atoms with Crippen LogP contribution in [0.15, 0.2) is 16.9 Å². The fraction of sp³-hybridized carbons (Fsp3) is 0.526. The molecule has 0 aromatic carbocycles. The van der Waals surface area contributed by atoms with Crippen LogP contribution < -0.4 is 16.4 Å². The molecule has 0 unspecified atom stereocenters. The van der Waals surface area contributed by atoms with Gasteiger partial charge in [-0.15, -0.1) is 23.7 Å². The van der Waals surface area contributed by atoms with Crippen molar-refractivity contribution < 1.29 is 18.8 Å². The fourth-order valence-corrected chi connectivity index (χ4v) is 5.14. The molecule has 1 fully saturated rings. The molecule has 2 aromatic rings. The molecule has 0 radical (unpaired) electrons. The third kappa shape index (κ3) is 5.23. The van der Waals surface area contributed by atoms with Gasteiger partial charge in [0.1, 0.15) is 6.26 Å². The third-order valence-corrected chi connectivity index (χ3v) is 6.71. The number of aromatic nitrogens is 2. The second kappa shape index (κ2) is 9.75. The summed E-state index contributed by atoms with van der Waals surface area (Å²) in [5.74, 6) is -1.59. The molecule has 2 aromatic heterocycles. The Morgan fingerprint density at radius 3 is 2.77 bits per heavy atom. The number of fused-ring (bicyclic) bond motifs is 1. The number of rotatable bonds is 4. The summed E-state index contributed by atoms with van der Waals surface area (Å²) in [6.07, 6.45) is 5.69. The molecule has 168 valence electrons. The Kier molecular flexibility index (Phi) is 7.29. The molecule has 31 heavy (non-hydrogen) atoms. The average molecular weight is 469 g/mol. The second-order valence-electron chi connectivity index (χ2n) is 7.78. The highest BCUT2D eigenvalue weighted by Gasteiger charge is 2.36.